The number of aryl methyl sites for hydroxylation is 1. The van der Waals surface area contributed by atoms with E-state index in [0.29, 0.717) is 11.3 Å². The van der Waals surface area contributed by atoms with Gasteiger partial charge in [-0.25, -0.2) is 17.5 Å². The average Bonchev–Trinajstić information content (AvgIpc) is 3.15. The minimum Gasteiger partial charge on any atom is -0.449 e. The van der Waals surface area contributed by atoms with Crippen LogP contribution in [-0.2, 0) is 24.3 Å². The lowest BCUT2D eigenvalue weighted by Crippen LogP contribution is -2.30. The predicted octanol–water partition coefficient (Wildman–Crippen LogP) is 2.89. The van der Waals surface area contributed by atoms with Gasteiger partial charge in [0.05, 0.1) is 4.90 Å². The Bertz CT molecular complexity index is 980. The molecule has 1 heterocycles. The molecule has 1 N–H and O–H groups in total. The molecule has 0 bridgehead atoms. The van der Waals surface area contributed by atoms with Crippen molar-refractivity contribution in [2.24, 2.45) is 0 Å². The molecule has 150 valence electrons. The lowest BCUT2D eigenvalue weighted by Gasteiger charge is -2.16. The molecule has 1 atom stereocenters. The van der Waals surface area contributed by atoms with E-state index in [1.54, 1.807) is 19.1 Å². The number of carbonyl (C=O) groups is 2. The topological polar surface area (TPSA) is 92.8 Å². The van der Waals surface area contributed by atoms with Crippen LogP contribution >= 0.6 is 11.3 Å². The summed E-state index contributed by atoms with van der Waals surface area (Å²) in [6, 6.07) is 8.17. The summed E-state index contributed by atoms with van der Waals surface area (Å²) in [5.41, 5.74) is 1.02. The average molecular weight is 423 g/mol. The van der Waals surface area contributed by atoms with Gasteiger partial charge in [0.2, 0.25) is 10.0 Å². The second-order valence-electron chi connectivity index (χ2n) is 6.18. The van der Waals surface area contributed by atoms with E-state index in [4.69, 9.17) is 4.74 Å². The largest absolute Gasteiger partial charge is 0.449 e. The van der Waals surface area contributed by atoms with Gasteiger partial charge in [-0.15, -0.1) is 11.3 Å². The van der Waals surface area contributed by atoms with Crippen LogP contribution in [0, 0.1) is 6.92 Å². The number of esters is 1. The summed E-state index contributed by atoms with van der Waals surface area (Å²) >= 11 is 1.47. The van der Waals surface area contributed by atoms with Crippen LogP contribution in [0.4, 0.5) is 5.69 Å². The fourth-order valence-corrected chi connectivity index (χ4v) is 3.69. The van der Waals surface area contributed by atoms with Gasteiger partial charge in [0.1, 0.15) is 0 Å². The molecule has 0 saturated heterocycles. The first kappa shape index (κ1) is 21.8. The highest BCUT2D eigenvalue weighted by molar-refractivity contribution is 7.89. The number of anilines is 1. The molecular formula is C19H22N2O5S2. The summed E-state index contributed by atoms with van der Waals surface area (Å²) in [5, 5.41) is 4.50. The summed E-state index contributed by atoms with van der Waals surface area (Å²) in [4.78, 5) is 25.2. The van der Waals surface area contributed by atoms with Crippen molar-refractivity contribution < 1.29 is 22.7 Å². The zero-order valence-corrected chi connectivity index (χ0v) is 17.6. The van der Waals surface area contributed by atoms with E-state index in [9.17, 15) is 18.0 Å². The van der Waals surface area contributed by atoms with Crippen molar-refractivity contribution in [3.8, 4) is 0 Å². The number of benzene rings is 1. The molecule has 0 radical (unpaired) electrons. The number of thiophene rings is 1. The molecule has 1 aromatic carbocycles. The molecule has 9 heteroatoms. The number of ether oxygens (including phenoxy) is 1. The van der Waals surface area contributed by atoms with Crippen LogP contribution < -0.4 is 5.32 Å². The summed E-state index contributed by atoms with van der Waals surface area (Å²) < 4.78 is 30.7. The molecule has 2 rings (SSSR count). The monoisotopic (exact) mass is 422 g/mol. The minimum absolute atomic E-state index is 0.0573. The van der Waals surface area contributed by atoms with Gasteiger partial charge >= 0.3 is 5.97 Å². The number of carbonyl (C=O) groups excluding carboxylic acids is 2. The standard InChI is InChI=1S/C19H22N2O5S2/c1-13-7-9-16(28(24,25)21(3)4)12-17(13)20-19(23)14(2)26-18(22)10-8-15-6-5-11-27-15/h5-12,14H,1-4H3,(H,20,23)/b10-8+. The molecule has 0 aliphatic carbocycles. The maximum absolute atomic E-state index is 12.4. The molecule has 0 aliphatic heterocycles. The fourth-order valence-electron chi connectivity index (χ4n) is 2.14. The molecule has 1 amide bonds. The third-order valence-corrected chi connectivity index (χ3v) is 6.48. The predicted molar refractivity (Wildman–Crippen MR) is 110 cm³/mol. The Labute approximate surface area is 168 Å². The number of amides is 1. The van der Waals surface area contributed by atoms with Gasteiger partial charge in [0, 0.05) is 30.7 Å². The van der Waals surface area contributed by atoms with Crippen molar-refractivity contribution in [1.82, 2.24) is 4.31 Å². The Morgan fingerprint density at radius 2 is 1.96 bits per heavy atom. The second-order valence-corrected chi connectivity index (χ2v) is 9.31. The smallest absolute Gasteiger partial charge is 0.331 e. The van der Waals surface area contributed by atoms with E-state index in [2.05, 4.69) is 5.32 Å². The Kier molecular flexibility index (Phi) is 7.11. The number of hydrogen-bond acceptors (Lipinski definition) is 6. The first-order chi connectivity index (χ1) is 13.1. The van der Waals surface area contributed by atoms with Crippen molar-refractivity contribution in [1.29, 1.82) is 0 Å². The van der Waals surface area contributed by atoms with Crippen molar-refractivity contribution >= 4 is 45.0 Å². The highest BCUT2D eigenvalue weighted by atomic mass is 32.2. The summed E-state index contributed by atoms with van der Waals surface area (Å²) in [5.74, 6) is -1.20. The van der Waals surface area contributed by atoms with E-state index < -0.39 is 28.0 Å². The van der Waals surface area contributed by atoms with Gasteiger partial charge < -0.3 is 10.1 Å². The molecular weight excluding hydrogens is 400 g/mol. The fraction of sp³-hybridized carbons (Fsp3) is 0.263. The molecule has 0 spiro atoms. The van der Waals surface area contributed by atoms with Gasteiger partial charge in [0.25, 0.3) is 5.91 Å². The number of sulfonamides is 1. The summed E-state index contributed by atoms with van der Waals surface area (Å²) in [6.45, 7) is 3.18. The molecule has 1 unspecified atom stereocenters. The SMILES string of the molecule is Cc1ccc(S(=O)(=O)N(C)C)cc1NC(=O)C(C)OC(=O)/C=C/c1cccs1. The Balaban J connectivity index is 2.06. The highest BCUT2D eigenvalue weighted by Gasteiger charge is 2.21. The normalized spacial score (nSPS) is 12.9. The van der Waals surface area contributed by atoms with Crippen LogP contribution in [0.15, 0.2) is 46.7 Å². The maximum Gasteiger partial charge on any atom is 0.331 e. The molecule has 1 aromatic heterocycles. The van der Waals surface area contributed by atoms with Gasteiger partial charge in [-0.1, -0.05) is 12.1 Å². The molecule has 2 aromatic rings. The molecule has 7 nitrogen and oxygen atoms in total. The number of nitrogens with one attached hydrogen (secondary N) is 1. The van der Waals surface area contributed by atoms with E-state index in [-0.39, 0.29) is 4.90 Å². The molecule has 0 fully saturated rings. The lowest BCUT2D eigenvalue weighted by atomic mass is 10.2. The minimum atomic E-state index is -3.63. The quantitative estimate of drug-likeness (QED) is 0.547. The number of hydrogen-bond donors (Lipinski definition) is 1. The second kappa shape index (κ2) is 9.13. The van der Waals surface area contributed by atoms with E-state index >= 15 is 0 Å². The zero-order chi connectivity index (χ0) is 20.9. The molecule has 0 aliphatic rings. The van der Waals surface area contributed by atoms with Gasteiger partial charge in [-0.05, 0) is 49.1 Å². The van der Waals surface area contributed by atoms with E-state index in [0.717, 1.165) is 9.18 Å². The third kappa shape index (κ3) is 5.51. The van der Waals surface area contributed by atoms with Crippen molar-refractivity contribution in [2.75, 3.05) is 19.4 Å². The third-order valence-electron chi connectivity index (χ3n) is 3.83. The first-order valence-corrected chi connectivity index (χ1v) is 10.7. The molecule has 0 saturated carbocycles. The Morgan fingerprint density at radius 3 is 2.57 bits per heavy atom. The number of rotatable bonds is 7. The summed E-state index contributed by atoms with van der Waals surface area (Å²) in [7, 11) is -0.773. The van der Waals surface area contributed by atoms with Crippen molar-refractivity contribution in [2.45, 2.75) is 24.8 Å². The Morgan fingerprint density at radius 1 is 1.25 bits per heavy atom. The van der Waals surface area contributed by atoms with Crippen LogP contribution in [0.25, 0.3) is 6.08 Å². The van der Waals surface area contributed by atoms with Crippen molar-refractivity contribution in [3.05, 3.63) is 52.2 Å². The van der Waals surface area contributed by atoms with Crippen molar-refractivity contribution in [3.63, 3.8) is 0 Å². The summed E-state index contributed by atoms with van der Waals surface area (Å²) in [6.07, 6.45) is 1.82. The highest BCUT2D eigenvalue weighted by Crippen LogP contribution is 2.22. The van der Waals surface area contributed by atoms with Crippen LogP contribution in [0.3, 0.4) is 0 Å². The lowest BCUT2D eigenvalue weighted by molar-refractivity contribution is -0.148. The van der Waals surface area contributed by atoms with Gasteiger partial charge in [-0.2, -0.15) is 0 Å². The Hall–Kier alpha value is -2.49. The molecule has 28 heavy (non-hydrogen) atoms. The van der Waals surface area contributed by atoms with Crippen LogP contribution in [0.1, 0.15) is 17.4 Å². The van der Waals surface area contributed by atoms with E-state index in [1.807, 2.05) is 17.5 Å². The zero-order valence-electron chi connectivity index (χ0n) is 16.0. The number of nitrogens with zero attached hydrogens (tertiary/aromatic N) is 1. The van der Waals surface area contributed by atoms with Crippen LogP contribution in [-0.4, -0.2) is 44.8 Å². The van der Waals surface area contributed by atoms with E-state index in [1.165, 1.54) is 50.6 Å². The first-order valence-electron chi connectivity index (χ1n) is 8.37. The van der Waals surface area contributed by atoms with Crippen LogP contribution in [0.2, 0.25) is 0 Å². The van der Waals surface area contributed by atoms with Crippen LogP contribution in [0.5, 0.6) is 0 Å². The van der Waals surface area contributed by atoms with Gasteiger partial charge in [-0.3, -0.25) is 4.79 Å². The van der Waals surface area contributed by atoms with Gasteiger partial charge in [0.15, 0.2) is 6.10 Å². The maximum atomic E-state index is 12.4.